The summed E-state index contributed by atoms with van der Waals surface area (Å²) in [6, 6.07) is 10.2. The lowest BCUT2D eigenvalue weighted by Gasteiger charge is -2.27. The molecule has 0 bridgehead atoms. The molecule has 0 atom stereocenters. The molecule has 5 heteroatoms. The van der Waals surface area contributed by atoms with Gasteiger partial charge in [-0.15, -0.1) is 0 Å². The van der Waals surface area contributed by atoms with Gasteiger partial charge in [0.15, 0.2) is 5.69 Å². The first-order chi connectivity index (χ1) is 13.5. The van der Waals surface area contributed by atoms with Gasteiger partial charge < -0.3 is 9.80 Å². The van der Waals surface area contributed by atoms with Gasteiger partial charge in [0, 0.05) is 30.9 Å². The average molecular weight is 383 g/mol. The predicted octanol–water partition coefficient (Wildman–Crippen LogP) is 3.80. The van der Waals surface area contributed by atoms with Gasteiger partial charge in [-0.05, 0) is 50.4 Å². The van der Waals surface area contributed by atoms with Gasteiger partial charge in [0.25, 0.3) is 5.91 Å². The standard InChI is InChI=1S/C23H34N4O/c1-5-25(6-2)15-16-26(17-18(3)4)23(28)22-20-13-10-14-21(20)27(24-22)19-11-8-7-9-12-19/h7-9,11-12,18H,5-6,10,13-17H2,1-4H3. The van der Waals surface area contributed by atoms with E-state index in [-0.39, 0.29) is 5.91 Å². The molecule has 0 saturated carbocycles. The molecule has 0 fully saturated rings. The van der Waals surface area contributed by atoms with Crippen LogP contribution in [0.15, 0.2) is 30.3 Å². The summed E-state index contributed by atoms with van der Waals surface area (Å²) in [6.07, 6.45) is 3.05. The third-order valence-electron chi connectivity index (χ3n) is 5.59. The van der Waals surface area contributed by atoms with Crippen molar-refractivity contribution in [1.82, 2.24) is 19.6 Å². The zero-order valence-corrected chi connectivity index (χ0v) is 17.8. The lowest BCUT2D eigenvalue weighted by molar-refractivity contribution is 0.0709. The fourth-order valence-electron chi connectivity index (χ4n) is 4.06. The van der Waals surface area contributed by atoms with E-state index in [2.05, 4.69) is 44.7 Å². The maximum absolute atomic E-state index is 13.5. The van der Waals surface area contributed by atoms with Crippen LogP contribution in [0.3, 0.4) is 0 Å². The number of amides is 1. The molecule has 0 saturated heterocycles. The first-order valence-corrected chi connectivity index (χ1v) is 10.7. The molecule has 3 rings (SSSR count). The number of carbonyl (C=O) groups excluding carboxylic acids is 1. The van der Waals surface area contributed by atoms with Crippen molar-refractivity contribution in [2.24, 2.45) is 5.92 Å². The second-order valence-electron chi connectivity index (χ2n) is 8.05. The molecule has 1 heterocycles. The largest absolute Gasteiger partial charge is 0.336 e. The minimum absolute atomic E-state index is 0.0914. The minimum atomic E-state index is 0.0914. The van der Waals surface area contributed by atoms with E-state index in [1.165, 1.54) is 5.69 Å². The van der Waals surface area contributed by atoms with Crippen LogP contribution >= 0.6 is 0 Å². The van der Waals surface area contributed by atoms with Crippen LogP contribution in [0, 0.1) is 5.92 Å². The molecule has 0 radical (unpaired) electrons. The van der Waals surface area contributed by atoms with Crippen LogP contribution in [0.1, 0.15) is 55.9 Å². The van der Waals surface area contributed by atoms with Crippen LogP contribution in [-0.4, -0.2) is 58.2 Å². The maximum atomic E-state index is 13.5. The van der Waals surface area contributed by atoms with E-state index < -0.39 is 0 Å². The Labute approximate surface area is 169 Å². The van der Waals surface area contributed by atoms with Crippen LogP contribution in [0.2, 0.25) is 0 Å². The number of carbonyl (C=O) groups is 1. The summed E-state index contributed by atoms with van der Waals surface area (Å²) in [4.78, 5) is 17.9. The van der Waals surface area contributed by atoms with Gasteiger partial charge in [0.1, 0.15) is 0 Å². The molecule has 0 aliphatic heterocycles. The number of fused-ring (bicyclic) bond motifs is 1. The zero-order chi connectivity index (χ0) is 20.1. The normalized spacial score (nSPS) is 13.4. The van der Waals surface area contributed by atoms with Gasteiger partial charge in [-0.2, -0.15) is 5.10 Å². The molecule has 152 valence electrons. The summed E-state index contributed by atoms with van der Waals surface area (Å²) < 4.78 is 1.99. The third kappa shape index (κ3) is 4.46. The Morgan fingerprint density at radius 3 is 2.46 bits per heavy atom. The van der Waals surface area contributed by atoms with Crippen molar-refractivity contribution in [1.29, 1.82) is 0 Å². The van der Waals surface area contributed by atoms with Gasteiger partial charge >= 0.3 is 0 Å². The molecule has 1 aliphatic rings. The number of likely N-dealkylation sites (N-methyl/N-ethyl adjacent to an activating group) is 1. The summed E-state index contributed by atoms with van der Waals surface area (Å²) in [6.45, 7) is 13.1. The van der Waals surface area contributed by atoms with E-state index in [0.29, 0.717) is 11.6 Å². The van der Waals surface area contributed by atoms with E-state index in [9.17, 15) is 4.79 Å². The second-order valence-corrected chi connectivity index (χ2v) is 8.05. The Balaban J connectivity index is 1.88. The van der Waals surface area contributed by atoms with Gasteiger partial charge in [-0.1, -0.05) is 45.9 Å². The number of hydrogen-bond donors (Lipinski definition) is 0. The van der Waals surface area contributed by atoms with E-state index in [4.69, 9.17) is 5.10 Å². The summed E-state index contributed by atoms with van der Waals surface area (Å²) >= 11 is 0. The van der Waals surface area contributed by atoms with Gasteiger partial charge in [-0.3, -0.25) is 4.79 Å². The smallest absolute Gasteiger partial charge is 0.274 e. The van der Waals surface area contributed by atoms with Crippen LogP contribution in [0.25, 0.3) is 5.69 Å². The molecular weight excluding hydrogens is 348 g/mol. The molecule has 28 heavy (non-hydrogen) atoms. The van der Waals surface area contributed by atoms with E-state index in [1.807, 2.05) is 27.8 Å². The van der Waals surface area contributed by atoms with Crippen molar-refractivity contribution in [3.63, 3.8) is 0 Å². The summed E-state index contributed by atoms with van der Waals surface area (Å²) in [5.74, 6) is 0.526. The quantitative estimate of drug-likeness (QED) is 0.662. The minimum Gasteiger partial charge on any atom is -0.336 e. The van der Waals surface area contributed by atoms with E-state index in [0.717, 1.165) is 63.2 Å². The van der Waals surface area contributed by atoms with Crippen molar-refractivity contribution in [3.8, 4) is 5.69 Å². The summed E-state index contributed by atoms with van der Waals surface area (Å²) in [5, 5.41) is 4.81. The first kappa shape index (κ1) is 20.6. The molecule has 5 nitrogen and oxygen atoms in total. The fourth-order valence-corrected chi connectivity index (χ4v) is 4.06. The SMILES string of the molecule is CCN(CC)CCN(CC(C)C)C(=O)c1nn(-c2ccccc2)c2c1CCC2. The third-order valence-corrected chi connectivity index (χ3v) is 5.59. The monoisotopic (exact) mass is 382 g/mol. The molecule has 0 N–H and O–H groups in total. The van der Waals surface area contributed by atoms with E-state index in [1.54, 1.807) is 0 Å². The van der Waals surface area contributed by atoms with Crippen molar-refractivity contribution < 1.29 is 4.79 Å². The van der Waals surface area contributed by atoms with Crippen LogP contribution < -0.4 is 0 Å². The lowest BCUT2D eigenvalue weighted by Crippen LogP contribution is -2.41. The van der Waals surface area contributed by atoms with Crippen LogP contribution in [0.4, 0.5) is 0 Å². The number of benzene rings is 1. The Hall–Kier alpha value is -2.14. The van der Waals surface area contributed by atoms with E-state index >= 15 is 0 Å². The molecule has 1 amide bonds. The molecule has 2 aromatic rings. The van der Waals surface area contributed by atoms with Crippen molar-refractivity contribution in [2.45, 2.75) is 47.0 Å². The Kier molecular flexibility index (Phi) is 6.89. The topological polar surface area (TPSA) is 41.4 Å². The van der Waals surface area contributed by atoms with Gasteiger partial charge in [0.05, 0.1) is 5.69 Å². The Morgan fingerprint density at radius 2 is 1.82 bits per heavy atom. The predicted molar refractivity (Wildman–Crippen MR) is 114 cm³/mol. The van der Waals surface area contributed by atoms with Crippen molar-refractivity contribution in [3.05, 3.63) is 47.3 Å². The number of hydrogen-bond acceptors (Lipinski definition) is 3. The Bertz CT molecular complexity index is 777. The fraction of sp³-hybridized carbons (Fsp3) is 0.565. The first-order valence-electron chi connectivity index (χ1n) is 10.7. The molecule has 1 aliphatic carbocycles. The molecular formula is C23H34N4O. The lowest BCUT2D eigenvalue weighted by atomic mass is 10.1. The van der Waals surface area contributed by atoms with Crippen molar-refractivity contribution >= 4 is 5.91 Å². The molecule has 0 unspecified atom stereocenters. The van der Waals surface area contributed by atoms with Crippen molar-refractivity contribution in [2.75, 3.05) is 32.7 Å². The highest BCUT2D eigenvalue weighted by Crippen LogP contribution is 2.28. The zero-order valence-electron chi connectivity index (χ0n) is 17.8. The number of aromatic nitrogens is 2. The number of para-hydroxylation sites is 1. The summed E-state index contributed by atoms with van der Waals surface area (Å²) in [7, 11) is 0. The highest BCUT2D eigenvalue weighted by Gasteiger charge is 2.29. The molecule has 1 aromatic heterocycles. The number of rotatable bonds is 9. The average Bonchev–Trinajstić information content (AvgIpc) is 3.30. The maximum Gasteiger partial charge on any atom is 0.274 e. The highest BCUT2D eigenvalue weighted by atomic mass is 16.2. The van der Waals surface area contributed by atoms with Gasteiger partial charge in [0.2, 0.25) is 0 Å². The van der Waals surface area contributed by atoms with Gasteiger partial charge in [-0.25, -0.2) is 4.68 Å². The highest BCUT2D eigenvalue weighted by molar-refractivity contribution is 5.94. The number of nitrogens with zero attached hydrogens (tertiary/aromatic N) is 4. The van der Waals surface area contributed by atoms with Crippen LogP contribution in [0.5, 0.6) is 0 Å². The summed E-state index contributed by atoms with van der Waals surface area (Å²) in [5.41, 5.74) is 4.07. The van der Waals surface area contributed by atoms with Crippen LogP contribution in [-0.2, 0) is 12.8 Å². The molecule has 1 aromatic carbocycles. The Morgan fingerprint density at radius 1 is 1.11 bits per heavy atom. The second kappa shape index (κ2) is 9.37. The molecule has 0 spiro atoms.